The van der Waals surface area contributed by atoms with Crippen molar-refractivity contribution in [3.63, 3.8) is 0 Å². The Morgan fingerprint density at radius 3 is 2.89 bits per heavy atom. The second-order valence-corrected chi connectivity index (χ2v) is 7.82. The summed E-state index contributed by atoms with van der Waals surface area (Å²) < 4.78 is 5.15. The van der Waals surface area contributed by atoms with Gasteiger partial charge in [-0.3, -0.25) is 10.0 Å². The molecule has 2 fully saturated rings. The summed E-state index contributed by atoms with van der Waals surface area (Å²) >= 11 is 1.70. The fourth-order valence-electron chi connectivity index (χ4n) is 3.34. The second-order valence-electron chi connectivity index (χ2n) is 6.54. The molecule has 2 heterocycles. The third-order valence-corrected chi connectivity index (χ3v) is 6.16. The van der Waals surface area contributed by atoms with Crippen LogP contribution in [-0.4, -0.2) is 56.4 Å². The number of carbonyl (C=O) groups is 3. The Kier molecular flexibility index (Phi) is 5.76. The number of hydroxylamine groups is 2. The number of hydrogen-bond donors (Lipinski definition) is 4. The van der Waals surface area contributed by atoms with Crippen LogP contribution in [0.5, 0.6) is 5.75 Å². The number of esters is 1. The fourth-order valence-corrected chi connectivity index (χ4v) is 4.91. The lowest BCUT2D eigenvalue weighted by Gasteiger charge is -2.21. The highest BCUT2D eigenvalue weighted by Gasteiger charge is 2.48. The van der Waals surface area contributed by atoms with Crippen LogP contribution in [0.2, 0.25) is 0 Å². The van der Waals surface area contributed by atoms with Gasteiger partial charge in [0.05, 0.1) is 12.1 Å². The van der Waals surface area contributed by atoms with E-state index in [2.05, 4.69) is 5.32 Å². The van der Waals surface area contributed by atoms with Crippen LogP contribution in [0, 0.1) is 0 Å². The van der Waals surface area contributed by atoms with Gasteiger partial charge in [-0.2, -0.15) is 16.8 Å². The van der Waals surface area contributed by atoms with Crippen molar-refractivity contribution < 1.29 is 29.4 Å². The van der Waals surface area contributed by atoms with E-state index < -0.39 is 18.0 Å². The van der Waals surface area contributed by atoms with Crippen LogP contribution >= 0.6 is 11.8 Å². The highest BCUT2D eigenvalue weighted by Crippen LogP contribution is 2.36. The van der Waals surface area contributed by atoms with Crippen molar-refractivity contribution in [1.29, 1.82) is 0 Å². The van der Waals surface area contributed by atoms with Gasteiger partial charge >= 0.3 is 18.0 Å². The number of nitrogen functional groups attached to an aromatic ring is 1. The maximum atomic E-state index is 12.0. The van der Waals surface area contributed by atoms with Crippen LogP contribution in [0.4, 0.5) is 10.5 Å². The van der Waals surface area contributed by atoms with Crippen molar-refractivity contribution in [2.45, 2.75) is 43.0 Å². The Balaban J connectivity index is 1.45. The predicted molar refractivity (Wildman–Crippen MR) is 97.9 cm³/mol. The monoisotopic (exact) mass is 395 g/mol. The number of urea groups is 1. The maximum absolute atomic E-state index is 12.0. The number of thioether (sulfide) groups is 1. The molecule has 9 nitrogen and oxygen atoms in total. The average Bonchev–Trinajstić information content (AvgIpc) is 3.12. The Morgan fingerprint density at radius 2 is 2.15 bits per heavy atom. The van der Waals surface area contributed by atoms with Gasteiger partial charge in [0, 0.05) is 29.2 Å². The third kappa shape index (κ3) is 4.28. The number of rotatable bonds is 7. The van der Waals surface area contributed by atoms with Crippen molar-refractivity contribution >= 4 is 35.4 Å². The van der Waals surface area contributed by atoms with Crippen molar-refractivity contribution in [2.75, 3.05) is 11.5 Å². The standard InChI is InChI=1S/C17H21N3O6S/c18-9-5-6-10(16(22)23)12(7-9)26-14(21)4-2-1-3-13-15-11(8-27-13)19-17(24)20(15)25/h5-7,11,13,15,25H,1-4,8,18H2,(H,19,24)(H,22,23)/t11-,13-,15-/m1/s1. The number of nitrogens with one attached hydrogen (secondary N) is 1. The van der Waals surface area contributed by atoms with E-state index in [1.807, 2.05) is 0 Å². The molecule has 1 aromatic carbocycles. The normalized spacial score (nSPS) is 23.8. The summed E-state index contributed by atoms with van der Waals surface area (Å²) in [6.45, 7) is 0. The molecular formula is C17H21N3O6S. The number of carboxylic acids is 1. The maximum Gasteiger partial charge on any atom is 0.341 e. The minimum Gasteiger partial charge on any atom is -0.478 e. The van der Waals surface area contributed by atoms with Gasteiger partial charge in [0.2, 0.25) is 0 Å². The van der Waals surface area contributed by atoms with E-state index in [4.69, 9.17) is 15.6 Å². The number of aromatic carboxylic acids is 1. The molecule has 3 atom stereocenters. The zero-order chi connectivity index (χ0) is 19.6. The van der Waals surface area contributed by atoms with Crippen molar-refractivity contribution in [3.05, 3.63) is 23.8 Å². The molecule has 1 aromatic rings. The number of carbonyl (C=O) groups excluding carboxylic acids is 2. The molecule has 2 saturated heterocycles. The van der Waals surface area contributed by atoms with E-state index in [1.54, 1.807) is 11.8 Å². The minimum absolute atomic E-state index is 0.0413. The van der Waals surface area contributed by atoms with E-state index in [9.17, 15) is 19.6 Å². The zero-order valence-corrected chi connectivity index (χ0v) is 15.3. The fraction of sp³-hybridized carbons (Fsp3) is 0.471. The van der Waals surface area contributed by atoms with Gasteiger partial charge in [-0.15, -0.1) is 0 Å². The number of nitrogens with two attached hydrogens (primary N) is 1. The molecule has 3 rings (SSSR count). The van der Waals surface area contributed by atoms with Crippen molar-refractivity contribution in [3.8, 4) is 5.75 Å². The molecule has 146 valence electrons. The molecule has 0 saturated carbocycles. The van der Waals surface area contributed by atoms with Crippen molar-refractivity contribution in [1.82, 2.24) is 10.4 Å². The number of anilines is 1. The lowest BCUT2D eigenvalue weighted by molar-refractivity contribution is -0.134. The largest absolute Gasteiger partial charge is 0.478 e. The molecule has 2 aliphatic rings. The van der Waals surface area contributed by atoms with Gasteiger partial charge in [0.15, 0.2) is 0 Å². The van der Waals surface area contributed by atoms with Gasteiger partial charge in [-0.05, 0) is 25.0 Å². The minimum atomic E-state index is -1.20. The Morgan fingerprint density at radius 1 is 1.37 bits per heavy atom. The van der Waals surface area contributed by atoms with Gasteiger partial charge < -0.3 is 20.9 Å². The number of fused-ring (bicyclic) bond motifs is 1. The molecule has 0 aromatic heterocycles. The van der Waals surface area contributed by atoms with Gasteiger partial charge in [-0.1, -0.05) is 6.42 Å². The Bertz CT molecular complexity index is 758. The highest BCUT2D eigenvalue weighted by molar-refractivity contribution is 8.00. The summed E-state index contributed by atoms with van der Waals surface area (Å²) in [5, 5.41) is 22.6. The first kappa shape index (κ1) is 19.3. The molecule has 2 aliphatic heterocycles. The van der Waals surface area contributed by atoms with E-state index in [0.29, 0.717) is 12.1 Å². The molecule has 27 heavy (non-hydrogen) atoms. The summed E-state index contributed by atoms with van der Waals surface area (Å²) in [4.78, 5) is 34.7. The van der Waals surface area contributed by atoms with Crippen LogP contribution in [0.3, 0.4) is 0 Å². The van der Waals surface area contributed by atoms with Crippen LogP contribution in [-0.2, 0) is 4.79 Å². The lowest BCUT2D eigenvalue weighted by atomic mass is 10.0. The molecule has 0 aliphatic carbocycles. The van der Waals surface area contributed by atoms with Crippen LogP contribution in [0.25, 0.3) is 0 Å². The molecule has 10 heteroatoms. The highest BCUT2D eigenvalue weighted by atomic mass is 32.2. The first-order valence-electron chi connectivity index (χ1n) is 8.60. The van der Waals surface area contributed by atoms with Crippen LogP contribution in [0.1, 0.15) is 36.0 Å². The predicted octanol–water partition coefficient (Wildman–Crippen LogP) is 1.70. The number of ether oxygens (including phenoxy) is 1. The number of unbranched alkanes of at least 4 members (excludes halogenated alkanes) is 1. The summed E-state index contributed by atoms with van der Waals surface area (Å²) in [5.74, 6) is -1.03. The smallest absolute Gasteiger partial charge is 0.341 e. The van der Waals surface area contributed by atoms with Gasteiger partial charge in [0.25, 0.3) is 0 Å². The molecule has 0 spiro atoms. The van der Waals surface area contributed by atoms with Crippen molar-refractivity contribution in [2.24, 2.45) is 0 Å². The molecule has 2 amide bonds. The van der Waals surface area contributed by atoms with Gasteiger partial charge in [0.1, 0.15) is 11.3 Å². The average molecular weight is 395 g/mol. The first-order chi connectivity index (χ1) is 12.9. The number of carboxylic acid groups (broad SMARTS) is 1. The summed E-state index contributed by atoms with van der Waals surface area (Å²) in [5.41, 5.74) is 5.81. The van der Waals surface area contributed by atoms with E-state index >= 15 is 0 Å². The van der Waals surface area contributed by atoms with E-state index in [1.165, 1.54) is 18.2 Å². The molecule has 0 bridgehead atoms. The Labute approximate surface area is 159 Å². The molecular weight excluding hydrogens is 374 g/mol. The molecule has 0 radical (unpaired) electrons. The van der Waals surface area contributed by atoms with E-state index in [0.717, 1.165) is 23.7 Å². The Hall–Kier alpha value is -2.46. The number of hydrogen-bond acceptors (Lipinski definition) is 7. The number of benzene rings is 1. The SMILES string of the molecule is Nc1ccc(C(=O)O)c(OC(=O)CCCC[C@H]2SC[C@H]3NC(=O)N(O)[C@H]32)c1. The third-order valence-electron chi connectivity index (χ3n) is 4.66. The first-order valence-corrected chi connectivity index (χ1v) is 9.65. The quantitative estimate of drug-likeness (QED) is 0.136. The molecule has 0 unspecified atom stereocenters. The van der Waals surface area contributed by atoms with Gasteiger partial charge in [-0.25, -0.2) is 9.59 Å². The van der Waals surface area contributed by atoms with E-state index in [-0.39, 0.29) is 35.1 Å². The number of nitrogens with zero attached hydrogens (tertiary/aromatic N) is 1. The van der Waals surface area contributed by atoms with Crippen LogP contribution in [0.15, 0.2) is 18.2 Å². The lowest BCUT2D eigenvalue weighted by Crippen LogP contribution is -2.38. The number of amides is 2. The second kappa shape index (κ2) is 8.05. The summed E-state index contributed by atoms with van der Waals surface area (Å²) in [7, 11) is 0. The summed E-state index contributed by atoms with van der Waals surface area (Å²) in [6, 6.07) is 3.30. The topological polar surface area (TPSA) is 142 Å². The summed E-state index contributed by atoms with van der Waals surface area (Å²) in [6.07, 6.45) is 2.18. The van der Waals surface area contributed by atoms with Crippen LogP contribution < -0.4 is 15.8 Å². The molecule has 5 N–H and O–H groups in total. The zero-order valence-electron chi connectivity index (χ0n) is 14.5.